The van der Waals surface area contributed by atoms with E-state index in [0.717, 1.165) is 0 Å². The average molecular weight is 285 g/mol. The van der Waals surface area contributed by atoms with Crippen molar-refractivity contribution < 1.29 is 19.5 Å². The minimum atomic E-state index is -0.847. The molecule has 7 heteroatoms. The smallest absolute Gasteiger partial charge is 0.318 e. The predicted molar refractivity (Wildman–Crippen MR) is 73.2 cm³/mol. The van der Waals surface area contributed by atoms with E-state index in [9.17, 15) is 14.4 Å². The number of carboxylic acids is 1. The molecule has 1 unspecified atom stereocenters. The Morgan fingerprint density at radius 2 is 1.85 bits per heavy atom. The maximum absolute atomic E-state index is 12.0. The van der Waals surface area contributed by atoms with E-state index >= 15 is 0 Å². The van der Waals surface area contributed by atoms with Crippen LogP contribution in [-0.4, -0.2) is 65.0 Å². The fourth-order valence-electron chi connectivity index (χ4n) is 2.26. The first-order valence-corrected chi connectivity index (χ1v) is 6.95. The maximum atomic E-state index is 12.0. The van der Waals surface area contributed by atoms with Crippen molar-refractivity contribution in [1.82, 2.24) is 15.1 Å². The molecule has 0 saturated carbocycles. The Morgan fingerprint density at radius 1 is 1.30 bits per heavy atom. The first kappa shape index (κ1) is 16.3. The topological polar surface area (TPSA) is 90.0 Å². The Bertz CT molecular complexity index is 376. The number of carbonyl (C=O) groups excluding carboxylic acids is 2. The highest BCUT2D eigenvalue weighted by molar-refractivity contribution is 5.87. The van der Waals surface area contributed by atoms with E-state index in [4.69, 9.17) is 5.11 Å². The zero-order valence-corrected chi connectivity index (χ0v) is 12.3. The van der Waals surface area contributed by atoms with E-state index < -0.39 is 12.0 Å². The van der Waals surface area contributed by atoms with Crippen LogP contribution in [0, 0.1) is 5.92 Å². The third-order valence-corrected chi connectivity index (χ3v) is 3.49. The molecular weight excluding hydrogens is 262 g/mol. The molecule has 1 heterocycles. The molecule has 0 spiro atoms. The van der Waals surface area contributed by atoms with Gasteiger partial charge in [0.2, 0.25) is 5.91 Å². The number of urea groups is 1. The summed E-state index contributed by atoms with van der Waals surface area (Å²) in [6.07, 6.45) is 0.0811. The number of aliphatic carboxylic acids is 1. The minimum Gasteiger partial charge on any atom is -0.481 e. The summed E-state index contributed by atoms with van der Waals surface area (Å²) < 4.78 is 0. The highest BCUT2D eigenvalue weighted by Crippen LogP contribution is 2.18. The highest BCUT2D eigenvalue weighted by atomic mass is 16.4. The number of carbonyl (C=O) groups is 3. The first-order valence-electron chi connectivity index (χ1n) is 6.95. The number of nitrogens with zero attached hydrogens (tertiary/aromatic N) is 2. The fourth-order valence-corrected chi connectivity index (χ4v) is 2.26. The Kier molecular flexibility index (Phi) is 5.79. The lowest BCUT2D eigenvalue weighted by molar-refractivity contribution is -0.139. The van der Waals surface area contributed by atoms with E-state index in [0.29, 0.717) is 26.2 Å². The molecule has 0 aliphatic carbocycles. The SMILES string of the molecule is CCN(CC)C(=O)C(C)NC(=O)N1CC(CC(=O)O)C1. The largest absolute Gasteiger partial charge is 0.481 e. The Hall–Kier alpha value is -1.79. The molecule has 0 bridgehead atoms. The van der Waals surface area contributed by atoms with Crippen LogP contribution in [0.3, 0.4) is 0 Å². The molecule has 1 atom stereocenters. The summed E-state index contributed by atoms with van der Waals surface area (Å²) in [5, 5.41) is 11.3. The Balaban J connectivity index is 2.36. The summed E-state index contributed by atoms with van der Waals surface area (Å²) in [5.41, 5.74) is 0. The summed E-state index contributed by atoms with van der Waals surface area (Å²) >= 11 is 0. The Morgan fingerprint density at radius 3 is 2.30 bits per heavy atom. The van der Waals surface area contributed by atoms with Crippen molar-refractivity contribution in [3.8, 4) is 0 Å². The van der Waals surface area contributed by atoms with Crippen LogP contribution in [0.1, 0.15) is 27.2 Å². The van der Waals surface area contributed by atoms with Gasteiger partial charge in [0.1, 0.15) is 6.04 Å². The maximum Gasteiger partial charge on any atom is 0.318 e. The third-order valence-electron chi connectivity index (χ3n) is 3.49. The molecular formula is C13H23N3O4. The quantitative estimate of drug-likeness (QED) is 0.737. The molecule has 0 radical (unpaired) electrons. The number of hydrogen-bond acceptors (Lipinski definition) is 3. The van der Waals surface area contributed by atoms with Crippen LogP contribution in [0.4, 0.5) is 4.79 Å². The molecule has 3 amide bonds. The lowest BCUT2D eigenvalue weighted by Gasteiger charge is -2.39. The second-order valence-corrected chi connectivity index (χ2v) is 5.05. The van der Waals surface area contributed by atoms with E-state index in [2.05, 4.69) is 5.32 Å². The van der Waals surface area contributed by atoms with Crippen molar-refractivity contribution in [2.75, 3.05) is 26.2 Å². The standard InChI is InChI=1S/C13H23N3O4/c1-4-15(5-2)12(19)9(3)14-13(20)16-7-10(8-16)6-11(17)18/h9-10H,4-8H2,1-3H3,(H,14,20)(H,17,18). The number of carboxylic acid groups (broad SMARTS) is 1. The number of rotatable bonds is 6. The number of hydrogen-bond donors (Lipinski definition) is 2. The van der Waals surface area contributed by atoms with Crippen LogP contribution < -0.4 is 5.32 Å². The number of likely N-dealkylation sites (tertiary alicyclic amines) is 1. The van der Waals surface area contributed by atoms with Gasteiger partial charge in [-0.25, -0.2) is 4.79 Å². The fraction of sp³-hybridized carbons (Fsp3) is 0.769. The second-order valence-electron chi connectivity index (χ2n) is 5.05. The normalized spacial score (nSPS) is 16.2. The molecule has 1 aliphatic rings. The molecule has 0 aromatic carbocycles. The van der Waals surface area contributed by atoms with Crippen LogP contribution in [-0.2, 0) is 9.59 Å². The molecule has 1 fully saturated rings. The Labute approximate surface area is 118 Å². The van der Waals surface area contributed by atoms with E-state index in [1.54, 1.807) is 11.8 Å². The van der Waals surface area contributed by atoms with Crippen LogP contribution in [0.2, 0.25) is 0 Å². The van der Waals surface area contributed by atoms with Crippen LogP contribution in [0.25, 0.3) is 0 Å². The van der Waals surface area contributed by atoms with Gasteiger partial charge < -0.3 is 20.2 Å². The molecule has 1 rings (SSSR count). The molecule has 114 valence electrons. The van der Waals surface area contributed by atoms with Gasteiger partial charge in [-0.3, -0.25) is 9.59 Å². The summed E-state index contributed by atoms with van der Waals surface area (Å²) in [6, 6.07) is -0.874. The summed E-state index contributed by atoms with van der Waals surface area (Å²) in [6.45, 7) is 7.53. The van der Waals surface area contributed by atoms with Crippen molar-refractivity contribution in [3.05, 3.63) is 0 Å². The van der Waals surface area contributed by atoms with Gasteiger partial charge in [0.05, 0.1) is 6.42 Å². The number of amides is 3. The summed E-state index contributed by atoms with van der Waals surface area (Å²) in [4.78, 5) is 37.6. The van der Waals surface area contributed by atoms with Crippen molar-refractivity contribution in [3.63, 3.8) is 0 Å². The molecule has 20 heavy (non-hydrogen) atoms. The second kappa shape index (κ2) is 7.12. The zero-order valence-electron chi connectivity index (χ0n) is 12.3. The lowest BCUT2D eigenvalue weighted by atomic mass is 9.97. The monoisotopic (exact) mass is 285 g/mol. The minimum absolute atomic E-state index is 0.0204. The van der Waals surface area contributed by atoms with E-state index in [1.807, 2.05) is 13.8 Å². The van der Waals surface area contributed by atoms with Crippen LogP contribution in [0.15, 0.2) is 0 Å². The van der Waals surface area contributed by atoms with Gasteiger partial charge in [-0.15, -0.1) is 0 Å². The van der Waals surface area contributed by atoms with Crippen molar-refractivity contribution >= 4 is 17.9 Å². The van der Waals surface area contributed by atoms with Gasteiger partial charge in [-0.1, -0.05) is 0 Å². The molecule has 1 aliphatic heterocycles. The van der Waals surface area contributed by atoms with Gasteiger partial charge in [-0.2, -0.15) is 0 Å². The van der Waals surface area contributed by atoms with Gasteiger partial charge in [0.15, 0.2) is 0 Å². The summed E-state index contributed by atoms with van der Waals surface area (Å²) in [7, 11) is 0. The van der Waals surface area contributed by atoms with Gasteiger partial charge in [-0.05, 0) is 20.8 Å². The lowest BCUT2D eigenvalue weighted by Crippen LogP contribution is -2.57. The van der Waals surface area contributed by atoms with Gasteiger partial charge in [0.25, 0.3) is 0 Å². The average Bonchev–Trinajstić information content (AvgIpc) is 2.33. The van der Waals surface area contributed by atoms with Crippen molar-refractivity contribution in [2.45, 2.75) is 33.2 Å². The molecule has 0 aromatic heterocycles. The van der Waals surface area contributed by atoms with E-state index in [1.165, 1.54) is 4.90 Å². The molecule has 0 aromatic rings. The summed E-state index contributed by atoms with van der Waals surface area (Å²) in [5.74, 6) is -0.932. The van der Waals surface area contributed by atoms with Crippen molar-refractivity contribution in [1.29, 1.82) is 0 Å². The molecule has 2 N–H and O–H groups in total. The first-order chi connectivity index (χ1) is 9.38. The van der Waals surface area contributed by atoms with Gasteiger partial charge >= 0.3 is 12.0 Å². The van der Waals surface area contributed by atoms with Gasteiger partial charge in [0, 0.05) is 32.1 Å². The molecule has 7 nitrogen and oxygen atoms in total. The highest BCUT2D eigenvalue weighted by Gasteiger charge is 2.33. The van der Waals surface area contributed by atoms with Crippen LogP contribution >= 0.6 is 0 Å². The van der Waals surface area contributed by atoms with Crippen LogP contribution in [0.5, 0.6) is 0 Å². The molecule has 1 saturated heterocycles. The van der Waals surface area contributed by atoms with E-state index in [-0.39, 0.29) is 24.3 Å². The number of likely N-dealkylation sites (N-methyl/N-ethyl adjacent to an activating group) is 1. The predicted octanol–water partition coefficient (Wildman–Crippen LogP) is 0.359. The van der Waals surface area contributed by atoms with Crippen molar-refractivity contribution in [2.24, 2.45) is 5.92 Å². The zero-order chi connectivity index (χ0) is 15.3. The number of nitrogens with one attached hydrogen (secondary N) is 1. The third kappa shape index (κ3) is 4.11.